The highest BCUT2D eigenvalue weighted by Crippen LogP contribution is 2.22. The molecule has 0 saturated carbocycles. The third kappa shape index (κ3) is 4.81. The fraction of sp³-hybridized carbons (Fsp3) is 0.167. The minimum absolute atomic E-state index is 0.0912. The minimum atomic E-state index is -0.370. The summed E-state index contributed by atoms with van der Waals surface area (Å²) < 4.78 is 10.4. The molecule has 3 rings (SSSR count). The molecule has 1 aromatic heterocycles. The SMILES string of the molecule is O=C(CCc1nc(-c2ccccc2)no1)OCc1ccc(Cl)cc1Cl. The zero-order valence-electron chi connectivity index (χ0n) is 13.1. The van der Waals surface area contributed by atoms with E-state index in [4.69, 9.17) is 32.5 Å². The van der Waals surface area contributed by atoms with E-state index in [2.05, 4.69) is 10.1 Å². The molecular formula is C18H14Cl2N2O3. The molecule has 0 fully saturated rings. The maximum atomic E-state index is 11.9. The van der Waals surface area contributed by atoms with Gasteiger partial charge in [-0.2, -0.15) is 4.98 Å². The number of esters is 1. The summed E-state index contributed by atoms with van der Waals surface area (Å²) in [7, 11) is 0. The van der Waals surface area contributed by atoms with Crippen LogP contribution in [0.25, 0.3) is 11.4 Å². The molecule has 0 N–H and O–H groups in total. The van der Waals surface area contributed by atoms with Gasteiger partial charge < -0.3 is 9.26 Å². The fourth-order valence-electron chi connectivity index (χ4n) is 2.14. The summed E-state index contributed by atoms with van der Waals surface area (Å²) in [4.78, 5) is 16.1. The molecule has 5 nitrogen and oxygen atoms in total. The first-order valence-electron chi connectivity index (χ1n) is 7.59. The van der Waals surface area contributed by atoms with Crippen LogP contribution in [0.2, 0.25) is 10.0 Å². The zero-order chi connectivity index (χ0) is 17.6. The molecule has 0 radical (unpaired) electrons. The van der Waals surface area contributed by atoms with Gasteiger partial charge in [-0.15, -0.1) is 0 Å². The van der Waals surface area contributed by atoms with Gasteiger partial charge in [0.15, 0.2) is 0 Å². The van der Waals surface area contributed by atoms with Crippen LogP contribution in [-0.2, 0) is 22.6 Å². The second-order valence-electron chi connectivity index (χ2n) is 5.27. The summed E-state index contributed by atoms with van der Waals surface area (Å²) in [6, 6.07) is 14.5. The van der Waals surface area contributed by atoms with Crippen molar-refractivity contribution in [3.05, 3.63) is 70.0 Å². The summed E-state index contributed by atoms with van der Waals surface area (Å²) >= 11 is 11.9. The van der Waals surface area contributed by atoms with E-state index < -0.39 is 0 Å². The lowest BCUT2D eigenvalue weighted by molar-refractivity contribution is -0.145. The van der Waals surface area contributed by atoms with E-state index in [1.165, 1.54) is 0 Å². The number of hydrogen-bond donors (Lipinski definition) is 0. The summed E-state index contributed by atoms with van der Waals surface area (Å²) in [6.45, 7) is 0.0912. The van der Waals surface area contributed by atoms with Gasteiger partial charge in [0.2, 0.25) is 11.7 Å². The summed E-state index contributed by atoms with van der Waals surface area (Å²) in [5.41, 5.74) is 1.56. The van der Waals surface area contributed by atoms with E-state index in [1.807, 2.05) is 30.3 Å². The first kappa shape index (κ1) is 17.5. The van der Waals surface area contributed by atoms with Crippen LogP contribution in [0.5, 0.6) is 0 Å². The molecular weight excluding hydrogens is 363 g/mol. The van der Waals surface area contributed by atoms with Crippen molar-refractivity contribution in [1.82, 2.24) is 10.1 Å². The lowest BCUT2D eigenvalue weighted by atomic mass is 10.2. The minimum Gasteiger partial charge on any atom is -0.461 e. The normalized spacial score (nSPS) is 10.6. The Balaban J connectivity index is 1.50. The van der Waals surface area contributed by atoms with Crippen LogP contribution in [0.15, 0.2) is 53.1 Å². The number of rotatable bonds is 6. The van der Waals surface area contributed by atoms with Crippen molar-refractivity contribution in [3.8, 4) is 11.4 Å². The smallest absolute Gasteiger partial charge is 0.306 e. The topological polar surface area (TPSA) is 65.2 Å². The molecule has 0 spiro atoms. The predicted octanol–water partition coefficient (Wildman–Crippen LogP) is 4.72. The summed E-state index contributed by atoms with van der Waals surface area (Å²) in [5.74, 6) is 0.516. The molecule has 0 aliphatic heterocycles. The van der Waals surface area contributed by atoms with Crippen molar-refractivity contribution in [2.75, 3.05) is 0 Å². The first-order valence-corrected chi connectivity index (χ1v) is 8.35. The summed E-state index contributed by atoms with van der Waals surface area (Å²) in [5, 5.41) is 4.91. The molecule has 1 heterocycles. The molecule has 128 valence electrons. The third-order valence-corrected chi connectivity index (χ3v) is 4.03. The third-order valence-electron chi connectivity index (χ3n) is 3.45. The van der Waals surface area contributed by atoms with Crippen LogP contribution in [-0.4, -0.2) is 16.1 Å². The Morgan fingerprint density at radius 1 is 1.12 bits per heavy atom. The van der Waals surface area contributed by atoms with Crippen LogP contribution in [0.1, 0.15) is 17.9 Å². The van der Waals surface area contributed by atoms with Crippen molar-refractivity contribution in [3.63, 3.8) is 0 Å². The lowest BCUT2D eigenvalue weighted by Gasteiger charge is -2.06. The number of aromatic nitrogens is 2. The van der Waals surface area contributed by atoms with E-state index in [0.29, 0.717) is 33.7 Å². The van der Waals surface area contributed by atoms with Gasteiger partial charge in [-0.1, -0.05) is 64.8 Å². The lowest BCUT2D eigenvalue weighted by Crippen LogP contribution is -2.06. The Morgan fingerprint density at radius 3 is 2.68 bits per heavy atom. The zero-order valence-corrected chi connectivity index (χ0v) is 14.6. The van der Waals surface area contributed by atoms with E-state index in [9.17, 15) is 4.79 Å². The highest BCUT2D eigenvalue weighted by Gasteiger charge is 2.12. The van der Waals surface area contributed by atoms with E-state index >= 15 is 0 Å². The van der Waals surface area contributed by atoms with Gasteiger partial charge in [-0.05, 0) is 12.1 Å². The number of carbonyl (C=O) groups is 1. The predicted molar refractivity (Wildman–Crippen MR) is 94.3 cm³/mol. The van der Waals surface area contributed by atoms with Crippen LogP contribution in [0, 0.1) is 0 Å². The van der Waals surface area contributed by atoms with Gasteiger partial charge in [-0.25, -0.2) is 0 Å². The molecule has 7 heteroatoms. The number of carbonyl (C=O) groups excluding carboxylic acids is 1. The molecule has 0 amide bonds. The molecule has 0 unspecified atom stereocenters. The molecule has 0 atom stereocenters. The molecule has 25 heavy (non-hydrogen) atoms. The molecule has 0 saturated heterocycles. The van der Waals surface area contributed by atoms with Crippen molar-refractivity contribution in [1.29, 1.82) is 0 Å². The Bertz CT molecular complexity index is 866. The Kier molecular flexibility index (Phi) is 5.68. The number of benzene rings is 2. The van der Waals surface area contributed by atoms with Gasteiger partial charge in [0.1, 0.15) is 6.61 Å². The van der Waals surface area contributed by atoms with Crippen molar-refractivity contribution >= 4 is 29.2 Å². The maximum absolute atomic E-state index is 11.9. The largest absolute Gasteiger partial charge is 0.461 e. The van der Waals surface area contributed by atoms with Gasteiger partial charge in [0.05, 0.1) is 6.42 Å². The van der Waals surface area contributed by atoms with E-state index in [-0.39, 0.29) is 19.0 Å². The van der Waals surface area contributed by atoms with Crippen molar-refractivity contribution in [2.45, 2.75) is 19.4 Å². The van der Waals surface area contributed by atoms with Gasteiger partial charge in [0, 0.05) is 27.6 Å². The molecule has 2 aromatic carbocycles. The highest BCUT2D eigenvalue weighted by atomic mass is 35.5. The van der Waals surface area contributed by atoms with Gasteiger partial charge in [-0.3, -0.25) is 4.79 Å². The van der Waals surface area contributed by atoms with Gasteiger partial charge >= 0.3 is 5.97 Å². The van der Waals surface area contributed by atoms with Crippen LogP contribution in [0.4, 0.5) is 0 Å². The number of hydrogen-bond acceptors (Lipinski definition) is 5. The number of nitrogens with zero attached hydrogens (tertiary/aromatic N) is 2. The quantitative estimate of drug-likeness (QED) is 0.582. The first-order chi connectivity index (χ1) is 12.1. The fourth-order valence-corrected chi connectivity index (χ4v) is 2.60. The van der Waals surface area contributed by atoms with E-state index in [1.54, 1.807) is 18.2 Å². The maximum Gasteiger partial charge on any atom is 0.306 e. The van der Waals surface area contributed by atoms with Crippen molar-refractivity contribution in [2.24, 2.45) is 0 Å². The van der Waals surface area contributed by atoms with Gasteiger partial charge in [0.25, 0.3) is 0 Å². The molecule has 0 aliphatic carbocycles. The molecule has 0 aliphatic rings. The number of aryl methyl sites for hydroxylation is 1. The average Bonchev–Trinajstić information content (AvgIpc) is 3.09. The van der Waals surface area contributed by atoms with Crippen LogP contribution in [0.3, 0.4) is 0 Å². The Hall–Kier alpha value is -2.37. The second kappa shape index (κ2) is 8.14. The van der Waals surface area contributed by atoms with E-state index in [0.717, 1.165) is 5.56 Å². The number of halogens is 2. The molecule has 3 aromatic rings. The standard InChI is InChI=1S/C18H14Cl2N2O3/c19-14-7-6-13(15(20)10-14)11-24-17(23)9-8-16-21-18(22-25-16)12-4-2-1-3-5-12/h1-7,10H,8-9,11H2. The second-order valence-corrected chi connectivity index (χ2v) is 6.12. The van der Waals surface area contributed by atoms with Crippen LogP contribution < -0.4 is 0 Å². The number of ether oxygens (including phenoxy) is 1. The van der Waals surface area contributed by atoms with Crippen molar-refractivity contribution < 1.29 is 14.1 Å². The monoisotopic (exact) mass is 376 g/mol. The Morgan fingerprint density at radius 2 is 1.92 bits per heavy atom. The average molecular weight is 377 g/mol. The highest BCUT2D eigenvalue weighted by molar-refractivity contribution is 6.35. The summed E-state index contributed by atoms with van der Waals surface area (Å²) in [6.07, 6.45) is 0.453. The Labute approximate surface area is 154 Å². The molecule has 0 bridgehead atoms. The van der Waals surface area contributed by atoms with Crippen LogP contribution >= 0.6 is 23.2 Å².